The molecule has 1 aliphatic rings. The Bertz CT molecular complexity index is 746. The molecule has 2 aromatic rings. The molecular formula is C15H19N3O3S2. The number of piperidine rings is 1. The number of rotatable bonds is 5. The molecule has 1 aliphatic heterocycles. The summed E-state index contributed by atoms with van der Waals surface area (Å²) in [7, 11) is -3.45. The van der Waals surface area contributed by atoms with Crippen molar-refractivity contribution in [3.8, 4) is 6.01 Å². The Hall–Kier alpha value is -1.51. The molecule has 6 nitrogen and oxygen atoms in total. The SMILES string of the molecule is CCc1ccc(S(=O)(=O)N2CCCC(Oc3ncccn3)C2)s1. The van der Waals surface area contributed by atoms with E-state index >= 15 is 0 Å². The number of nitrogens with zero attached hydrogens (tertiary/aromatic N) is 3. The van der Waals surface area contributed by atoms with E-state index in [2.05, 4.69) is 9.97 Å². The highest BCUT2D eigenvalue weighted by molar-refractivity contribution is 7.91. The van der Waals surface area contributed by atoms with Crippen molar-refractivity contribution in [2.75, 3.05) is 13.1 Å². The van der Waals surface area contributed by atoms with Gasteiger partial charge >= 0.3 is 6.01 Å². The molecule has 1 atom stereocenters. The van der Waals surface area contributed by atoms with E-state index in [0.29, 0.717) is 23.3 Å². The summed E-state index contributed by atoms with van der Waals surface area (Å²) in [5.41, 5.74) is 0. The minimum atomic E-state index is -3.45. The Morgan fingerprint density at radius 2 is 2.13 bits per heavy atom. The number of hydrogen-bond acceptors (Lipinski definition) is 6. The molecule has 8 heteroatoms. The highest BCUT2D eigenvalue weighted by Crippen LogP contribution is 2.28. The summed E-state index contributed by atoms with van der Waals surface area (Å²) in [5, 5.41) is 0. The number of sulfonamides is 1. The van der Waals surface area contributed by atoms with Crippen molar-refractivity contribution in [3.05, 3.63) is 35.5 Å². The molecule has 1 saturated heterocycles. The zero-order chi connectivity index (χ0) is 16.3. The number of ether oxygens (including phenoxy) is 1. The van der Waals surface area contributed by atoms with Gasteiger partial charge in [-0.05, 0) is 37.5 Å². The summed E-state index contributed by atoms with van der Waals surface area (Å²) in [6.07, 6.45) is 5.41. The van der Waals surface area contributed by atoms with Crippen LogP contribution in [-0.4, -0.2) is 41.9 Å². The van der Waals surface area contributed by atoms with E-state index in [9.17, 15) is 8.42 Å². The fourth-order valence-corrected chi connectivity index (χ4v) is 5.49. The molecule has 0 radical (unpaired) electrons. The molecule has 0 N–H and O–H groups in total. The van der Waals surface area contributed by atoms with Crippen LogP contribution in [0, 0.1) is 0 Å². The first-order valence-corrected chi connectivity index (χ1v) is 9.88. The van der Waals surface area contributed by atoms with Crippen LogP contribution in [-0.2, 0) is 16.4 Å². The summed E-state index contributed by atoms with van der Waals surface area (Å²) in [4.78, 5) is 9.14. The number of hydrogen-bond donors (Lipinski definition) is 0. The molecule has 3 rings (SSSR count). The van der Waals surface area contributed by atoms with Crippen LogP contribution in [0.4, 0.5) is 0 Å². The molecular weight excluding hydrogens is 334 g/mol. The predicted molar refractivity (Wildman–Crippen MR) is 88.1 cm³/mol. The third-order valence-corrected chi connectivity index (χ3v) is 7.30. The maximum absolute atomic E-state index is 12.8. The third kappa shape index (κ3) is 3.70. The first-order valence-electron chi connectivity index (χ1n) is 7.62. The second-order valence-electron chi connectivity index (χ2n) is 5.35. The van der Waals surface area contributed by atoms with Crippen LogP contribution in [0.2, 0.25) is 0 Å². The first kappa shape index (κ1) is 16.4. The Balaban J connectivity index is 1.72. The van der Waals surface area contributed by atoms with Crippen LogP contribution < -0.4 is 4.74 Å². The lowest BCUT2D eigenvalue weighted by Crippen LogP contribution is -2.44. The number of thiophene rings is 1. The van der Waals surface area contributed by atoms with Gasteiger partial charge in [0, 0.05) is 23.8 Å². The van der Waals surface area contributed by atoms with Gasteiger partial charge in [-0.2, -0.15) is 4.31 Å². The summed E-state index contributed by atoms with van der Waals surface area (Å²) in [6.45, 7) is 2.88. The maximum atomic E-state index is 12.8. The van der Waals surface area contributed by atoms with Crippen molar-refractivity contribution in [2.24, 2.45) is 0 Å². The maximum Gasteiger partial charge on any atom is 0.316 e. The lowest BCUT2D eigenvalue weighted by Gasteiger charge is -2.31. The molecule has 0 bridgehead atoms. The molecule has 1 unspecified atom stereocenters. The Kier molecular flexibility index (Phi) is 4.93. The second kappa shape index (κ2) is 6.94. The summed E-state index contributed by atoms with van der Waals surface area (Å²) < 4.78 is 33.2. The Morgan fingerprint density at radius 3 is 2.83 bits per heavy atom. The van der Waals surface area contributed by atoms with Gasteiger partial charge in [0.25, 0.3) is 10.0 Å². The average Bonchev–Trinajstić information content (AvgIpc) is 3.06. The van der Waals surface area contributed by atoms with Crippen LogP contribution in [0.3, 0.4) is 0 Å². The first-order chi connectivity index (χ1) is 11.1. The summed E-state index contributed by atoms with van der Waals surface area (Å²) in [5.74, 6) is 0. The van der Waals surface area contributed by atoms with Crippen LogP contribution >= 0.6 is 11.3 Å². The van der Waals surface area contributed by atoms with Gasteiger partial charge < -0.3 is 4.74 Å². The van der Waals surface area contributed by atoms with Gasteiger partial charge in [-0.3, -0.25) is 0 Å². The zero-order valence-corrected chi connectivity index (χ0v) is 14.5. The van der Waals surface area contributed by atoms with E-state index < -0.39 is 10.0 Å². The minimum Gasteiger partial charge on any atom is -0.459 e. The summed E-state index contributed by atoms with van der Waals surface area (Å²) >= 11 is 1.34. The van der Waals surface area contributed by atoms with Crippen molar-refractivity contribution in [2.45, 2.75) is 36.5 Å². The van der Waals surface area contributed by atoms with Crippen LogP contribution in [0.5, 0.6) is 6.01 Å². The van der Waals surface area contributed by atoms with Crippen molar-refractivity contribution in [1.29, 1.82) is 0 Å². The van der Waals surface area contributed by atoms with Gasteiger partial charge in [0.05, 0.1) is 6.54 Å². The smallest absolute Gasteiger partial charge is 0.316 e. The van der Waals surface area contributed by atoms with Crippen molar-refractivity contribution in [1.82, 2.24) is 14.3 Å². The van der Waals surface area contributed by atoms with E-state index in [1.54, 1.807) is 24.5 Å². The fraction of sp³-hybridized carbons (Fsp3) is 0.467. The fourth-order valence-electron chi connectivity index (χ4n) is 2.53. The highest BCUT2D eigenvalue weighted by atomic mass is 32.2. The number of aryl methyl sites for hydroxylation is 1. The lowest BCUT2D eigenvalue weighted by atomic mass is 10.1. The molecule has 2 aromatic heterocycles. The minimum absolute atomic E-state index is 0.216. The Labute approximate surface area is 140 Å². The molecule has 0 aliphatic carbocycles. The molecule has 23 heavy (non-hydrogen) atoms. The van der Waals surface area contributed by atoms with Crippen molar-refractivity contribution >= 4 is 21.4 Å². The molecule has 0 spiro atoms. The monoisotopic (exact) mass is 353 g/mol. The van der Waals surface area contributed by atoms with Crippen molar-refractivity contribution in [3.63, 3.8) is 0 Å². The lowest BCUT2D eigenvalue weighted by molar-refractivity contribution is 0.119. The largest absolute Gasteiger partial charge is 0.459 e. The van der Waals surface area contributed by atoms with Gasteiger partial charge in [-0.25, -0.2) is 18.4 Å². The van der Waals surface area contributed by atoms with E-state index in [-0.39, 0.29) is 6.10 Å². The summed E-state index contributed by atoms with van der Waals surface area (Å²) in [6, 6.07) is 5.59. The highest BCUT2D eigenvalue weighted by Gasteiger charge is 2.32. The van der Waals surface area contributed by atoms with E-state index in [4.69, 9.17) is 4.74 Å². The number of aromatic nitrogens is 2. The van der Waals surface area contributed by atoms with Crippen LogP contribution in [0.25, 0.3) is 0 Å². The molecule has 0 amide bonds. The molecule has 0 saturated carbocycles. The van der Waals surface area contributed by atoms with Gasteiger partial charge in [-0.15, -0.1) is 11.3 Å². The quantitative estimate of drug-likeness (QED) is 0.825. The van der Waals surface area contributed by atoms with E-state index in [1.807, 2.05) is 13.0 Å². The zero-order valence-electron chi connectivity index (χ0n) is 12.9. The standard InChI is InChI=1S/C15H19N3O3S2/c1-2-13-6-7-14(22-13)23(19,20)18-10-3-5-12(11-18)21-15-16-8-4-9-17-15/h4,6-9,12H,2-3,5,10-11H2,1H3. The Morgan fingerprint density at radius 1 is 1.35 bits per heavy atom. The van der Waals surface area contributed by atoms with Crippen molar-refractivity contribution < 1.29 is 13.2 Å². The van der Waals surface area contributed by atoms with E-state index in [1.165, 1.54) is 15.6 Å². The average molecular weight is 353 g/mol. The van der Waals surface area contributed by atoms with Crippen LogP contribution in [0.15, 0.2) is 34.8 Å². The third-order valence-electron chi connectivity index (χ3n) is 3.73. The molecule has 1 fully saturated rings. The van der Waals surface area contributed by atoms with Gasteiger partial charge in [-0.1, -0.05) is 6.92 Å². The molecule has 3 heterocycles. The molecule has 124 valence electrons. The molecule has 0 aromatic carbocycles. The topological polar surface area (TPSA) is 72.4 Å². The van der Waals surface area contributed by atoms with Gasteiger partial charge in [0.2, 0.25) is 0 Å². The van der Waals surface area contributed by atoms with Gasteiger partial charge in [0.1, 0.15) is 10.3 Å². The second-order valence-corrected chi connectivity index (χ2v) is 8.68. The van der Waals surface area contributed by atoms with E-state index in [0.717, 1.165) is 24.1 Å². The predicted octanol–water partition coefficient (Wildman–Crippen LogP) is 2.33. The normalized spacial score (nSPS) is 19.6. The van der Waals surface area contributed by atoms with Gasteiger partial charge in [0.15, 0.2) is 0 Å². The van der Waals surface area contributed by atoms with Crippen LogP contribution in [0.1, 0.15) is 24.6 Å².